The second-order valence-electron chi connectivity index (χ2n) is 8.06. The highest BCUT2D eigenvalue weighted by molar-refractivity contribution is 5.78. The third kappa shape index (κ3) is 8.98. The molecule has 0 aliphatic carbocycles. The Labute approximate surface area is 200 Å². The van der Waals surface area contributed by atoms with Crippen LogP contribution in [0.4, 0.5) is 0 Å². The molecule has 0 radical (unpaired) electrons. The summed E-state index contributed by atoms with van der Waals surface area (Å²) in [6.07, 6.45) is 2.56. The van der Waals surface area contributed by atoms with Crippen LogP contribution >= 0.6 is 0 Å². The third-order valence-electron chi connectivity index (χ3n) is 5.24. The average molecular weight is 462 g/mol. The van der Waals surface area contributed by atoms with Crippen molar-refractivity contribution in [3.63, 3.8) is 0 Å². The largest absolute Gasteiger partial charge is 0.485 e. The molecule has 178 valence electrons. The first-order valence-corrected chi connectivity index (χ1v) is 11.5. The van der Waals surface area contributed by atoms with Crippen LogP contribution in [0, 0.1) is 0 Å². The summed E-state index contributed by atoms with van der Waals surface area (Å²) in [5.41, 5.74) is 2.93. The summed E-state index contributed by atoms with van der Waals surface area (Å²) in [6, 6.07) is 25.4. The van der Waals surface area contributed by atoms with Crippen LogP contribution in [0.1, 0.15) is 42.4 Å². The summed E-state index contributed by atoms with van der Waals surface area (Å²) >= 11 is 0. The van der Waals surface area contributed by atoms with Crippen LogP contribution in [0.15, 0.2) is 78.9 Å². The van der Waals surface area contributed by atoms with E-state index >= 15 is 0 Å². The van der Waals surface area contributed by atoms with Gasteiger partial charge in [0.2, 0.25) is 5.91 Å². The van der Waals surface area contributed by atoms with Crippen molar-refractivity contribution in [2.75, 3.05) is 6.54 Å². The number of nitrogens with one attached hydrogen (secondary N) is 1. The molecule has 0 bridgehead atoms. The molecule has 6 nitrogen and oxygen atoms in total. The first-order valence-electron chi connectivity index (χ1n) is 11.5. The van der Waals surface area contributed by atoms with E-state index in [1.807, 2.05) is 78.9 Å². The molecule has 0 aliphatic rings. The number of benzene rings is 3. The molecule has 3 aromatic carbocycles. The second-order valence-corrected chi connectivity index (χ2v) is 8.06. The van der Waals surface area contributed by atoms with Crippen molar-refractivity contribution in [1.29, 1.82) is 0 Å². The summed E-state index contributed by atoms with van der Waals surface area (Å²) in [7, 11) is 0. The Morgan fingerprint density at radius 1 is 0.706 bits per heavy atom. The van der Waals surface area contributed by atoms with Crippen LogP contribution in [0.5, 0.6) is 11.5 Å². The van der Waals surface area contributed by atoms with Crippen molar-refractivity contribution in [2.45, 2.75) is 45.3 Å². The van der Waals surface area contributed by atoms with Gasteiger partial charge in [-0.15, -0.1) is 0 Å². The Kier molecular flexibility index (Phi) is 9.99. The van der Waals surface area contributed by atoms with Gasteiger partial charge in [-0.2, -0.15) is 0 Å². The summed E-state index contributed by atoms with van der Waals surface area (Å²) in [5, 5.41) is 11.6. The molecule has 0 aliphatic heterocycles. The van der Waals surface area contributed by atoms with E-state index in [2.05, 4.69) is 5.32 Å². The minimum absolute atomic E-state index is 0.0785. The highest BCUT2D eigenvalue weighted by Gasteiger charge is 2.11. The van der Waals surface area contributed by atoms with Crippen molar-refractivity contribution in [2.24, 2.45) is 0 Å². The molecule has 34 heavy (non-hydrogen) atoms. The van der Waals surface area contributed by atoms with Gasteiger partial charge in [-0.05, 0) is 41.7 Å². The summed E-state index contributed by atoms with van der Waals surface area (Å²) in [6.45, 7) is 1.35. The van der Waals surface area contributed by atoms with Gasteiger partial charge in [-0.25, -0.2) is 0 Å². The zero-order valence-corrected chi connectivity index (χ0v) is 19.2. The standard InChI is InChI=1S/C28H31NO5/c30-27(29-17-9-3-8-14-28(31)32)19-24-15-16-25(33-20-22-10-4-1-5-11-22)26(18-24)34-21-23-12-6-2-7-13-23/h1-2,4-7,10-13,15-16,18H,3,8-9,14,17,19-21H2,(H,29,30)(H,31,32). The minimum atomic E-state index is -0.787. The van der Waals surface area contributed by atoms with E-state index < -0.39 is 5.97 Å². The Balaban J connectivity index is 1.58. The lowest BCUT2D eigenvalue weighted by molar-refractivity contribution is -0.137. The lowest BCUT2D eigenvalue weighted by atomic mass is 10.1. The number of hydrogen-bond acceptors (Lipinski definition) is 4. The fraction of sp³-hybridized carbons (Fsp3) is 0.286. The van der Waals surface area contributed by atoms with Crippen LogP contribution in [-0.4, -0.2) is 23.5 Å². The fourth-order valence-electron chi connectivity index (χ4n) is 3.42. The lowest BCUT2D eigenvalue weighted by Crippen LogP contribution is -2.26. The van der Waals surface area contributed by atoms with E-state index in [4.69, 9.17) is 14.6 Å². The molecule has 0 unspecified atom stereocenters. The molecule has 3 aromatic rings. The SMILES string of the molecule is O=C(O)CCCCCNC(=O)Cc1ccc(OCc2ccccc2)c(OCc2ccccc2)c1. The molecule has 6 heteroatoms. The number of ether oxygens (including phenoxy) is 2. The predicted octanol–water partition coefficient (Wildman–Crippen LogP) is 5.15. The fourth-order valence-corrected chi connectivity index (χ4v) is 3.42. The van der Waals surface area contributed by atoms with E-state index in [1.54, 1.807) is 0 Å². The summed E-state index contributed by atoms with van der Waals surface area (Å²) < 4.78 is 12.1. The number of amides is 1. The van der Waals surface area contributed by atoms with Gasteiger partial charge in [0.15, 0.2) is 11.5 Å². The quantitative estimate of drug-likeness (QED) is 0.325. The molecule has 0 atom stereocenters. The molecule has 2 N–H and O–H groups in total. The monoisotopic (exact) mass is 461 g/mol. The highest BCUT2D eigenvalue weighted by atomic mass is 16.5. The van der Waals surface area contributed by atoms with Gasteiger partial charge in [-0.1, -0.05) is 73.2 Å². The lowest BCUT2D eigenvalue weighted by Gasteiger charge is -2.15. The number of carbonyl (C=O) groups is 2. The van der Waals surface area contributed by atoms with Gasteiger partial charge in [0.05, 0.1) is 6.42 Å². The zero-order valence-electron chi connectivity index (χ0n) is 19.2. The highest BCUT2D eigenvalue weighted by Crippen LogP contribution is 2.30. The van der Waals surface area contributed by atoms with Crippen LogP contribution in [0.3, 0.4) is 0 Å². The van der Waals surface area contributed by atoms with Crippen molar-refractivity contribution < 1.29 is 24.2 Å². The van der Waals surface area contributed by atoms with Gasteiger partial charge in [-0.3, -0.25) is 9.59 Å². The first kappa shape index (κ1) is 24.8. The average Bonchev–Trinajstić information content (AvgIpc) is 2.85. The van der Waals surface area contributed by atoms with E-state index in [1.165, 1.54) is 0 Å². The van der Waals surface area contributed by atoms with Crippen molar-refractivity contribution in [3.05, 3.63) is 95.6 Å². The molecule has 0 saturated carbocycles. The molecular weight excluding hydrogens is 430 g/mol. The number of carboxylic acid groups (broad SMARTS) is 1. The van der Waals surface area contributed by atoms with Gasteiger partial charge in [0.25, 0.3) is 0 Å². The van der Waals surface area contributed by atoms with E-state index in [0.717, 1.165) is 29.5 Å². The van der Waals surface area contributed by atoms with Gasteiger partial charge < -0.3 is 19.9 Å². The van der Waals surface area contributed by atoms with Crippen LogP contribution in [0.2, 0.25) is 0 Å². The number of carboxylic acids is 1. The molecule has 0 heterocycles. The Hall–Kier alpha value is -3.80. The number of hydrogen-bond donors (Lipinski definition) is 2. The Morgan fingerprint density at radius 3 is 1.94 bits per heavy atom. The zero-order chi connectivity index (χ0) is 24.0. The van der Waals surface area contributed by atoms with E-state index in [-0.39, 0.29) is 18.7 Å². The molecule has 0 fully saturated rings. The van der Waals surface area contributed by atoms with Crippen LogP contribution in [-0.2, 0) is 29.2 Å². The van der Waals surface area contributed by atoms with Crippen molar-refractivity contribution >= 4 is 11.9 Å². The number of unbranched alkanes of at least 4 members (excludes halogenated alkanes) is 2. The third-order valence-corrected chi connectivity index (χ3v) is 5.24. The number of aliphatic carboxylic acids is 1. The first-order chi connectivity index (χ1) is 16.6. The summed E-state index contributed by atoms with van der Waals surface area (Å²) in [5.74, 6) is 0.358. The Morgan fingerprint density at radius 2 is 1.32 bits per heavy atom. The smallest absolute Gasteiger partial charge is 0.303 e. The molecule has 0 spiro atoms. The topological polar surface area (TPSA) is 84.9 Å². The maximum atomic E-state index is 12.4. The molecular formula is C28H31NO5. The number of rotatable bonds is 14. The maximum absolute atomic E-state index is 12.4. The predicted molar refractivity (Wildman–Crippen MR) is 131 cm³/mol. The maximum Gasteiger partial charge on any atom is 0.303 e. The molecule has 0 saturated heterocycles. The van der Waals surface area contributed by atoms with Gasteiger partial charge in [0.1, 0.15) is 13.2 Å². The van der Waals surface area contributed by atoms with Crippen LogP contribution < -0.4 is 14.8 Å². The van der Waals surface area contributed by atoms with Crippen molar-refractivity contribution in [1.82, 2.24) is 5.32 Å². The Bertz CT molecular complexity index is 1040. The van der Waals surface area contributed by atoms with Crippen molar-refractivity contribution in [3.8, 4) is 11.5 Å². The molecule has 3 rings (SSSR count). The second kappa shape index (κ2) is 13.7. The molecule has 0 aromatic heterocycles. The molecule has 1 amide bonds. The summed E-state index contributed by atoms with van der Waals surface area (Å²) in [4.78, 5) is 22.9. The van der Waals surface area contributed by atoms with Gasteiger partial charge >= 0.3 is 5.97 Å². The van der Waals surface area contributed by atoms with Crippen LogP contribution in [0.25, 0.3) is 0 Å². The normalized spacial score (nSPS) is 10.5. The van der Waals surface area contributed by atoms with Gasteiger partial charge in [0, 0.05) is 13.0 Å². The minimum Gasteiger partial charge on any atom is -0.485 e. The van der Waals surface area contributed by atoms with E-state index in [9.17, 15) is 9.59 Å². The van der Waals surface area contributed by atoms with E-state index in [0.29, 0.717) is 37.7 Å². The number of carbonyl (C=O) groups excluding carboxylic acids is 1.